The van der Waals surface area contributed by atoms with Crippen molar-refractivity contribution in [2.75, 3.05) is 6.61 Å². The molecule has 0 radical (unpaired) electrons. The average molecular weight is 247 g/mol. The Labute approximate surface area is 99.3 Å². The molecular weight excluding hydrogens is 232 g/mol. The molecule has 0 fully saturated rings. The number of aliphatic hydroxyl groups is 1. The van der Waals surface area contributed by atoms with Crippen LogP contribution in [0.1, 0.15) is 32.5 Å². The van der Waals surface area contributed by atoms with Gasteiger partial charge in [-0.2, -0.15) is 0 Å². The molecule has 0 aliphatic carbocycles. The van der Waals surface area contributed by atoms with Crippen LogP contribution < -0.4 is 0 Å². The maximum absolute atomic E-state index is 8.95. The Morgan fingerprint density at radius 1 is 1.40 bits per heavy atom. The van der Waals surface area contributed by atoms with Crippen molar-refractivity contribution in [3.05, 3.63) is 17.0 Å². The van der Waals surface area contributed by atoms with Crippen LogP contribution in [0.3, 0.4) is 0 Å². The van der Waals surface area contributed by atoms with E-state index in [0.29, 0.717) is 5.15 Å². The summed E-state index contributed by atoms with van der Waals surface area (Å²) in [5, 5.41) is 10.3. The lowest BCUT2D eigenvalue weighted by Crippen LogP contribution is -2.04. The minimum absolute atomic E-state index is 0.121. The van der Waals surface area contributed by atoms with Crippen molar-refractivity contribution < 1.29 is 5.11 Å². The fourth-order valence-electron chi connectivity index (χ4n) is 0.976. The molecule has 0 aromatic carbocycles. The molecule has 0 aliphatic rings. The van der Waals surface area contributed by atoms with Crippen LogP contribution in [0.4, 0.5) is 0 Å². The smallest absolute Gasteiger partial charge is 0.133 e. The Hall–Kier alpha value is -0.320. The Kier molecular flexibility index (Phi) is 4.83. The van der Waals surface area contributed by atoms with Crippen LogP contribution in [0.5, 0.6) is 0 Å². The van der Waals surface area contributed by atoms with Gasteiger partial charge in [0, 0.05) is 17.2 Å². The van der Waals surface area contributed by atoms with Crippen LogP contribution >= 0.6 is 23.4 Å². The second-order valence-corrected chi connectivity index (χ2v) is 5.50. The summed E-state index contributed by atoms with van der Waals surface area (Å²) in [6.45, 7) is 6.12. The van der Waals surface area contributed by atoms with E-state index in [1.807, 2.05) is 20.8 Å². The van der Waals surface area contributed by atoms with Crippen molar-refractivity contribution in [3.8, 4) is 0 Å². The van der Waals surface area contributed by atoms with Gasteiger partial charge in [0.25, 0.3) is 0 Å². The summed E-state index contributed by atoms with van der Waals surface area (Å²) in [6, 6.07) is 1.73. The lowest BCUT2D eigenvalue weighted by atomic mass is 10.2. The number of aliphatic hydroxyl groups excluding tert-OH is 1. The first-order chi connectivity index (χ1) is 7.02. The molecule has 1 N–H and O–H groups in total. The minimum atomic E-state index is 0.121. The molecular formula is C10H15ClN2OS. The molecule has 1 aromatic heterocycles. The number of halogens is 1. The first-order valence-electron chi connectivity index (χ1n) is 4.85. The monoisotopic (exact) mass is 246 g/mol. The van der Waals surface area contributed by atoms with Crippen molar-refractivity contribution in [2.45, 2.75) is 37.0 Å². The van der Waals surface area contributed by atoms with Gasteiger partial charge >= 0.3 is 0 Å². The molecule has 0 bridgehead atoms. The quantitative estimate of drug-likeness (QED) is 0.656. The van der Waals surface area contributed by atoms with E-state index >= 15 is 0 Å². The topological polar surface area (TPSA) is 46.0 Å². The SMILES string of the molecule is CC(CO)Sc1cc(Cl)nc(C(C)C)n1. The van der Waals surface area contributed by atoms with Gasteiger partial charge in [0.05, 0.1) is 6.61 Å². The molecule has 1 rings (SSSR count). The molecule has 0 saturated heterocycles. The number of thioether (sulfide) groups is 1. The van der Waals surface area contributed by atoms with Gasteiger partial charge in [-0.05, 0) is 0 Å². The molecule has 3 nitrogen and oxygen atoms in total. The zero-order valence-electron chi connectivity index (χ0n) is 9.07. The fourth-order valence-corrected chi connectivity index (χ4v) is 2.04. The molecule has 1 aromatic rings. The second kappa shape index (κ2) is 5.68. The van der Waals surface area contributed by atoms with Gasteiger partial charge in [0.2, 0.25) is 0 Å². The first-order valence-corrected chi connectivity index (χ1v) is 6.10. The molecule has 1 unspecified atom stereocenters. The maximum Gasteiger partial charge on any atom is 0.133 e. The van der Waals surface area contributed by atoms with E-state index in [9.17, 15) is 0 Å². The van der Waals surface area contributed by atoms with Gasteiger partial charge in [0.1, 0.15) is 16.0 Å². The Balaban J connectivity index is 2.88. The molecule has 5 heteroatoms. The highest BCUT2D eigenvalue weighted by atomic mass is 35.5. The molecule has 1 heterocycles. The van der Waals surface area contributed by atoms with Crippen LogP contribution in [0.25, 0.3) is 0 Å². The first kappa shape index (κ1) is 12.7. The fraction of sp³-hybridized carbons (Fsp3) is 0.600. The minimum Gasteiger partial charge on any atom is -0.395 e. The van der Waals surface area contributed by atoms with E-state index in [-0.39, 0.29) is 17.8 Å². The van der Waals surface area contributed by atoms with E-state index in [1.54, 1.807) is 6.07 Å². The van der Waals surface area contributed by atoms with Gasteiger partial charge < -0.3 is 5.11 Å². The second-order valence-electron chi connectivity index (χ2n) is 3.65. The van der Waals surface area contributed by atoms with E-state index in [2.05, 4.69) is 9.97 Å². The highest BCUT2D eigenvalue weighted by Gasteiger charge is 2.09. The van der Waals surface area contributed by atoms with Crippen LogP contribution in [-0.4, -0.2) is 26.9 Å². The highest BCUT2D eigenvalue weighted by molar-refractivity contribution is 7.99. The van der Waals surface area contributed by atoms with Crippen molar-refractivity contribution in [1.29, 1.82) is 0 Å². The third kappa shape index (κ3) is 3.97. The molecule has 15 heavy (non-hydrogen) atoms. The normalized spacial score (nSPS) is 13.2. The van der Waals surface area contributed by atoms with Gasteiger partial charge in [0.15, 0.2) is 0 Å². The summed E-state index contributed by atoms with van der Waals surface area (Å²) < 4.78 is 0. The van der Waals surface area contributed by atoms with Gasteiger partial charge in [-0.15, -0.1) is 11.8 Å². The third-order valence-electron chi connectivity index (χ3n) is 1.78. The van der Waals surface area contributed by atoms with Crippen molar-refractivity contribution in [2.24, 2.45) is 0 Å². The van der Waals surface area contributed by atoms with E-state index in [1.165, 1.54) is 11.8 Å². The Morgan fingerprint density at radius 3 is 2.60 bits per heavy atom. The molecule has 0 aliphatic heterocycles. The van der Waals surface area contributed by atoms with Gasteiger partial charge in [-0.1, -0.05) is 32.4 Å². The summed E-state index contributed by atoms with van der Waals surface area (Å²) >= 11 is 7.40. The number of rotatable bonds is 4. The zero-order valence-corrected chi connectivity index (χ0v) is 10.6. The lowest BCUT2D eigenvalue weighted by molar-refractivity contribution is 0.300. The van der Waals surface area contributed by atoms with Gasteiger partial charge in [-0.25, -0.2) is 9.97 Å². The van der Waals surface area contributed by atoms with Crippen molar-refractivity contribution in [1.82, 2.24) is 9.97 Å². The number of aromatic nitrogens is 2. The predicted molar refractivity (Wildman–Crippen MR) is 63.5 cm³/mol. The van der Waals surface area contributed by atoms with E-state index in [0.717, 1.165) is 10.9 Å². The zero-order chi connectivity index (χ0) is 11.4. The number of hydrogen-bond acceptors (Lipinski definition) is 4. The summed E-state index contributed by atoms with van der Waals surface area (Å²) in [5.41, 5.74) is 0. The lowest BCUT2D eigenvalue weighted by Gasteiger charge is -2.09. The van der Waals surface area contributed by atoms with E-state index < -0.39 is 0 Å². The molecule has 0 amide bonds. The number of hydrogen-bond donors (Lipinski definition) is 1. The Bertz CT molecular complexity index is 333. The standard InChI is InChI=1S/C10H15ClN2OS/c1-6(2)10-12-8(11)4-9(13-10)15-7(3)5-14/h4,6-7,14H,5H2,1-3H3. The summed E-state index contributed by atoms with van der Waals surface area (Å²) in [4.78, 5) is 8.52. The molecule has 0 saturated carbocycles. The van der Waals surface area contributed by atoms with Crippen molar-refractivity contribution in [3.63, 3.8) is 0 Å². The molecule has 0 spiro atoms. The molecule has 84 valence electrons. The Morgan fingerprint density at radius 2 is 2.07 bits per heavy atom. The summed E-state index contributed by atoms with van der Waals surface area (Å²) in [7, 11) is 0. The highest BCUT2D eigenvalue weighted by Crippen LogP contribution is 2.24. The van der Waals surface area contributed by atoms with Crippen LogP contribution in [0.2, 0.25) is 5.15 Å². The largest absolute Gasteiger partial charge is 0.395 e. The predicted octanol–water partition coefficient (Wildman–Crippen LogP) is 2.73. The average Bonchev–Trinajstić information content (AvgIpc) is 2.16. The third-order valence-corrected chi connectivity index (χ3v) is 2.98. The maximum atomic E-state index is 8.95. The number of nitrogens with zero attached hydrogens (tertiary/aromatic N) is 2. The summed E-state index contributed by atoms with van der Waals surface area (Å²) in [6.07, 6.45) is 0. The van der Waals surface area contributed by atoms with Crippen LogP contribution in [0, 0.1) is 0 Å². The van der Waals surface area contributed by atoms with Crippen molar-refractivity contribution >= 4 is 23.4 Å². The van der Waals surface area contributed by atoms with Gasteiger partial charge in [-0.3, -0.25) is 0 Å². The molecule has 1 atom stereocenters. The van der Waals surface area contributed by atoms with Crippen LogP contribution in [0.15, 0.2) is 11.1 Å². The summed E-state index contributed by atoms with van der Waals surface area (Å²) in [5.74, 6) is 1.00. The van der Waals surface area contributed by atoms with Crippen LogP contribution in [-0.2, 0) is 0 Å². The van der Waals surface area contributed by atoms with E-state index in [4.69, 9.17) is 16.7 Å².